The van der Waals surface area contributed by atoms with Crippen LogP contribution < -0.4 is 0 Å². The SMILES string of the molecule is C=CC(C)COC(=O)C(C)I. The van der Waals surface area contributed by atoms with Crippen LogP contribution in [0.15, 0.2) is 12.7 Å². The van der Waals surface area contributed by atoms with E-state index in [1.807, 2.05) is 36.4 Å². The summed E-state index contributed by atoms with van der Waals surface area (Å²) in [6.45, 7) is 7.79. The summed E-state index contributed by atoms with van der Waals surface area (Å²) in [5.74, 6) is 0.0911. The second-order valence-corrected chi connectivity index (χ2v) is 4.33. The quantitative estimate of drug-likeness (QED) is 0.338. The molecule has 0 aromatic heterocycles. The average Bonchev–Trinajstić information content (AvgIpc) is 1.99. The predicted octanol–water partition coefficient (Wildman–Crippen LogP) is 2.18. The highest BCUT2D eigenvalue weighted by molar-refractivity contribution is 14.1. The Balaban J connectivity index is 3.54. The van der Waals surface area contributed by atoms with Crippen LogP contribution in [0.2, 0.25) is 0 Å². The number of rotatable bonds is 4. The summed E-state index contributed by atoms with van der Waals surface area (Å²) in [7, 11) is 0. The van der Waals surface area contributed by atoms with Crippen LogP contribution in [0, 0.1) is 5.92 Å². The van der Waals surface area contributed by atoms with Crippen molar-refractivity contribution >= 4 is 28.6 Å². The Morgan fingerprint density at radius 3 is 2.64 bits per heavy atom. The first kappa shape index (κ1) is 10.9. The lowest BCUT2D eigenvalue weighted by atomic mass is 10.2. The molecule has 0 bridgehead atoms. The first-order valence-electron chi connectivity index (χ1n) is 3.51. The van der Waals surface area contributed by atoms with Crippen molar-refractivity contribution in [3.8, 4) is 0 Å². The lowest BCUT2D eigenvalue weighted by molar-refractivity contribution is -0.142. The third-order valence-electron chi connectivity index (χ3n) is 1.22. The summed E-state index contributed by atoms with van der Waals surface area (Å²) < 4.78 is 4.87. The molecule has 0 aliphatic rings. The third kappa shape index (κ3) is 5.24. The lowest BCUT2D eigenvalue weighted by Crippen LogP contribution is -2.16. The normalized spacial score (nSPS) is 15.2. The van der Waals surface area contributed by atoms with Crippen molar-refractivity contribution in [2.45, 2.75) is 17.8 Å². The van der Waals surface area contributed by atoms with E-state index in [0.29, 0.717) is 6.61 Å². The van der Waals surface area contributed by atoms with Crippen LogP contribution in [-0.4, -0.2) is 16.5 Å². The smallest absolute Gasteiger partial charge is 0.318 e. The number of halogens is 1. The van der Waals surface area contributed by atoms with Crippen LogP contribution in [-0.2, 0) is 9.53 Å². The molecule has 0 aliphatic carbocycles. The average molecular weight is 268 g/mol. The van der Waals surface area contributed by atoms with Crippen molar-refractivity contribution in [3.05, 3.63) is 12.7 Å². The van der Waals surface area contributed by atoms with Crippen molar-refractivity contribution in [1.82, 2.24) is 0 Å². The zero-order valence-electron chi connectivity index (χ0n) is 6.84. The monoisotopic (exact) mass is 268 g/mol. The Hall–Kier alpha value is -0.0600. The Labute approximate surface area is 81.1 Å². The molecule has 0 fully saturated rings. The molecule has 11 heavy (non-hydrogen) atoms. The number of ether oxygens (including phenoxy) is 1. The van der Waals surface area contributed by atoms with Gasteiger partial charge in [0.1, 0.15) is 3.92 Å². The van der Waals surface area contributed by atoms with Gasteiger partial charge in [0.25, 0.3) is 0 Å². The number of esters is 1. The van der Waals surface area contributed by atoms with E-state index in [1.165, 1.54) is 0 Å². The summed E-state index contributed by atoms with van der Waals surface area (Å²) in [6, 6.07) is 0. The van der Waals surface area contributed by atoms with Gasteiger partial charge in [0.2, 0.25) is 0 Å². The standard InChI is InChI=1S/C8H13IO2/c1-4-6(2)5-11-8(10)7(3)9/h4,6-7H,1,5H2,2-3H3. The van der Waals surface area contributed by atoms with Crippen LogP contribution in [0.5, 0.6) is 0 Å². The molecule has 3 heteroatoms. The highest BCUT2D eigenvalue weighted by atomic mass is 127. The second kappa shape index (κ2) is 5.57. The molecule has 0 aromatic carbocycles. The van der Waals surface area contributed by atoms with Crippen LogP contribution in [0.1, 0.15) is 13.8 Å². The molecule has 0 heterocycles. The molecule has 0 N–H and O–H groups in total. The van der Waals surface area contributed by atoms with E-state index in [-0.39, 0.29) is 15.8 Å². The van der Waals surface area contributed by atoms with Crippen molar-refractivity contribution in [1.29, 1.82) is 0 Å². The Bertz CT molecular complexity index is 143. The topological polar surface area (TPSA) is 26.3 Å². The molecule has 0 rings (SSSR count). The van der Waals surface area contributed by atoms with E-state index in [9.17, 15) is 4.79 Å². The maximum absolute atomic E-state index is 10.9. The summed E-state index contributed by atoms with van der Waals surface area (Å²) >= 11 is 2.03. The van der Waals surface area contributed by atoms with Crippen LogP contribution >= 0.6 is 22.6 Å². The summed E-state index contributed by atoms with van der Waals surface area (Å²) in [5, 5.41) is 0. The minimum atomic E-state index is -0.153. The molecule has 2 atom stereocenters. The summed E-state index contributed by atoms with van der Waals surface area (Å²) in [4.78, 5) is 10.9. The van der Waals surface area contributed by atoms with E-state index in [2.05, 4.69) is 6.58 Å². The highest BCUT2D eigenvalue weighted by Crippen LogP contribution is 2.03. The molecule has 0 spiro atoms. The number of hydrogen-bond acceptors (Lipinski definition) is 2. The van der Waals surface area contributed by atoms with Gasteiger partial charge in [-0.1, -0.05) is 35.6 Å². The first-order chi connectivity index (χ1) is 5.07. The van der Waals surface area contributed by atoms with Crippen LogP contribution in [0.25, 0.3) is 0 Å². The van der Waals surface area contributed by atoms with Crippen molar-refractivity contribution < 1.29 is 9.53 Å². The van der Waals surface area contributed by atoms with Gasteiger partial charge in [-0.25, -0.2) is 0 Å². The highest BCUT2D eigenvalue weighted by Gasteiger charge is 2.10. The van der Waals surface area contributed by atoms with E-state index >= 15 is 0 Å². The number of alkyl halides is 1. The van der Waals surface area contributed by atoms with E-state index in [0.717, 1.165) is 0 Å². The molecule has 0 saturated carbocycles. The largest absolute Gasteiger partial charge is 0.464 e. The van der Waals surface area contributed by atoms with E-state index in [1.54, 1.807) is 6.08 Å². The first-order valence-corrected chi connectivity index (χ1v) is 4.75. The zero-order valence-corrected chi connectivity index (χ0v) is 9.00. The Kier molecular flexibility index (Phi) is 5.54. The van der Waals surface area contributed by atoms with Gasteiger partial charge in [0.15, 0.2) is 0 Å². The van der Waals surface area contributed by atoms with Crippen molar-refractivity contribution in [3.63, 3.8) is 0 Å². The van der Waals surface area contributed by atoms with Gasteiger partial charge in [-0.05, 0) is 6.92 Å². The van der Waals surface area contributed by atoms with E-state index in [4.69, 9.17) is 4.74 Å². The van der Waals surface area contributed by atoms with E-state index < -0.39 is 0 Å². The summed E-state index contributed by atoms with van der Waals surface area (Å²) in [5.41, 5.74) is 0. The molecule has 2 unspecified atom stereocenters. The predicted molar refractivity (Wildman–Crippen MR) is 53.8 cm³/mol. The second-order valence-electron chi connectivity index (χ2n) is 2.46. The number of carbonyl (C=O) groups is 1. The van der Waals surface area contributed by atoms with Gasteiger partial charge in [-0.15, -0.1) is 6.58 Å². The van der Waals surface area contributed by atoms with Gasteiger partial charge >= 0.3 is 5.97 Å². The van der Waals surface area contributed by atoms with Crippen LogP contribution in [0.4, 0.5) is 0 Å². The fourth-order valence-electron chi connectivity index (χ4n) is 0.396. The minimum Gasteiger partial charge on any atom is -0.464 e. The van der Waals surface area contributed by atoms with Gasteiger partial charge in [0, 0.05) is 5.92 Å². The number of hydrogen-bond donors (Lipinski definition) is 0. The fourth-order valence-corrected chi connectivity index (χ4v) is 0.576. The molecular formula is C8H13IO2. The van der Waals surface area contributed by atoms with Crippen LogP contribution in [0.3, 0.4) is 0 Å². The minimum absolute atomic E-state index is 0.0652. The molecule has 0 radical (unpaired) electrons. The molecule has 64 valence electrons. The molecule has 2 nitrogen and oxygen atoms in total. The summed E-state index contributed by atoms with van der Waals surface area (Å²) in [6.07, 6.45) is 1.77. The molecule has 0 amide bonds. The molecular weight excluding hydrogens is 255 g/mol. The molecule has 0 saturated heterocycles. The zero-order chi connectivity index (χ0) is 8.85. The number of carbonyl (C=O) groups excluding carboxylic acids is 1. The van der Waals surface area contributed by atoms with Gasteiger partial charge in [-0.2, -0.15) is 0 Å². The van der Waals surface area contributed by atoms with Gasteiger partial charge < -0.3 is 4.74 Å². The van der Waals surface area contributed by atoms with Crippen molar-refractivity contribution in [2.75, 3.05) is 6.61 Å². The Morgan fingerprint density at radius 1 is 1.73 bits per heavy atom. The third-order valence-corrected chi connectivity index (χ3v) is 1.72. The van der Waals surface area contributed by atoms with Crippen molar-refractivity contribution in [2.24, 2.45) is 5.92 Å². The fraction of sp³-hybridized carbons (Fsp3) is 0.625. The van der Waals surface area contributed by atoms with Gasteiger partial charge in [-0.3, -0.25) is 4.79 Å². The maximum Gasteiger partial charge on any atom is 0.318 e. The van der Waals surface area contributed by atoms with Gasteiger partial charge in [0.05, 0.1) is 6.61 Å². The molecule has 0 aliphatic heterocycles. The maximum atomic E-state index is 10.9. The molecule has 0 aromatic rings. The lowest BCUT2D eigenvalue weighted by Gasteiger charge is -2.08. The Morgan fingerprint density at radius 2 is 2.27 bits per heavy atom.